The van der Waals surface area contributed by atoms with Gasteiger partial charge in [-0.25, -0.2) is 4.98 Å². The van der Waals surface area contributed by atoms with Gasteiger partial charge in [-0.2, -0.15) is 0 Å². The van der Waals surface area contributed by atoms with Gasteiger partial charge in [-0.05, 0) is 25.5 Å². The number of nitrogens with zero attached hydrogens (tertiary/aromatic N) is 1. The zero-order valence-electron chi connectivity index (χ0n) is 8.87. The Morgan fingerprint density at radius 1 is 1.60 bits per heavy atom. The number of rotatable bonds is 4. The lowest BCUT2D eigenvalue weighted by atomic mass is 10.1. The lowest BCUT2D eigenvalue weighted by molar-refractivity contribution is 0.196. The van der Waals surface area contributed by atoms with Crippen LogP contribution in [0.2, 0.25) is 0 Å². The van der Waals surface area contributed by atoms with Crippen LogP contribution in [0.15, 0.2) is 6.07 Å². The highest BCUT2D eigenvalue weighted by molar-refractivity contribution is 5.98. The smallest absolute Gasteiger partial charge is 0.225 e. The molecule has 0 aliphatic carbocycles. The Kier molecular flexibility index (Phi) is 3.62. The fraction of sp³-hybridized carbons (Fsp3) is 0.400. The van der Waals surface area contributed by atoms with E-state index >= 15 is 0 Å². The van der Waals surface area contributed by atoms with Gasteiger partial charge < -0.3 is 15.6 Å². The van der Waals surface area contributed by atoms with Crippen LogP contribution in [0, 0.1) is 19.3 Å². The molecule has 0 aliphatic heterocycles. The third-order valence-electron chi connectivity index (χ3n) is 1.91. The van der Waals surface area contributed by atoms with Crippen LogP contribution in [0.1, 0.15) is 16.8 Å². The molecule has 0 spiro atoms. The molecule has 0 unspecified atom stereocenters. The van der Waals surface area contributed by atoms with Gasteiger partial charge in [0, 0.05) is 5.69 Å². The van der Waals surface area contributed by atoms with Crippen molar-refractivity contribution in [3.63, 3.8) is 0 Å². The maximum absolute atomic E-state index is 8.66. The van der Waals surface area contributed by atoms with Crippen LogP contribution >= 0.6 is 0 Å². The van der Waals surface area contributed by atoms with Crippen LogP contribution in [0.25, 0.3) is 0 Å². The molecule has 1 rings (SSSR count). The Morgan fingerprint density at radius 3 is 2.80 bits per heavy atom. The molecular formula is C10H15N3O2. The molecule has 0 saturated heterocycles. The van der Waals surface area contributed by atoms with Crippen molar-refractivity contribution in [3.8, 4) is 5.88 Å². The van der Waals surface area contributed by atoms with Crippen LogP contribution in [0.3, 0.4) is 0 Å². The molecule has 0 aliphatic rings. The van der Waals surface area contributed by atoms with Crippen molar-refractivity contribution in [3.05, 3.63) is 22.9 Å². The summed E-state index contributed by atoms with van der Waals surface area (Å²) in [5.41, 5.74) is 7.58. The number of aromatic nitrogens is 1. The molecule has 0 aromatic carbocycles. The van der Waals surface area contributed by atoms with Gasteiger partial charge in [0.05, 0.1) is 12.2 Å². The molecule has 0 atom stereocenters. The van der Waals surface area contributed by atoms with Crippen LogP contribution in [0.4, 0.5) is 0 Å². The standard InChI is InChI=1S/C10H15N3O2/c1-6-5-7(2)13-10(15-4-3-14)8(6)9(11)12/h5,14H,3-4H2,1-2H3,(H3,11,12). The summed E-state index contributed by atoms with van der Waals surface area (Å²) >= 11 is 0. The van der Waals surface area contributed by atoms with Gasteiger partial charge in [0.2, 0.25) is 5.88 Å². The number of nitrogen functional groups attached to an aromatic ring is 1. The zero-order valence-corrected chi connectivity index (χ0v) is 8.87. The first kappa shape index (κ1) is 11.5. The molecule has 82 valence electrons. The second-order valence-corrected chi connectivity index (χ2v) is 3.25. The highest BCUT2D eigenvalue weighted by atomic mass is 16.5. The van der Waals surface area contributed by atoms with E-state index in [9.17, 15) is 0 Å². The minimum atomic E-state index is -0.0913. The maximum Gasteiger partial charge on any atom is 0.225 e. The maximum atomic E-state index is 8.66. The summed E-state index contributed by atoms with van der Waals surface area (Å²) in [5.74, 6) is 0.238. The quantitative estimate of drug-likeness (QED) is 0.493. The monoisotopic (exact) mass is 209 g/mol. The molecule has 1 heterocycles. The van der Waals surface area contributed by atoms with Crippen molar-refractivity contribution in [2.45, 2.75) is 13.8 Å². The van der Waals surface area contributed by atoms with Crippen molar-refractivity contribution in [1.29, 1.82) is 5.41 Å². The minimum Gasteiger partial charge on any atom is -0.475 e. The van der Waals surface area contributed by atoms with Crippen molar-refractivity contribution in [2.24, 2.45) is 5.73 Å². The van der Waals surface area contributed by atoms with E-state index < -0.39 is 0 Å². The summed E-state index contributed by atoms with van der Waals surface area (Å²) in [6, 6.07) is 1.84. The number of aliphatic hydroxyl groups is 1. The molecule has 0 bridgehead atoms. The van der Waals surface area contributed by atoms with Crippen molar-refractivity contribution in [1.82, 2.24) is 4.98 Å². The van der Waals surface area contributed by atoms with Gasteiger partial charge in [-0.1, -0.05) is 0 Å². The Bertz CT molecular complexity index is 377. The highest BCUT2D eigenvalue weighted by Gasteiger charge is 2.12. The first-order chi connectivity index (χ1) is 7.06. The Labute approximate surface area is 88.4 Å². The molecule has 1 aromatic heterocycles. The van der Waals surface area contributed by atoms with Crippen LogP contribution < -0.4 is 10.5 Å². The average molecular weight is 209 g/mol. The SMILES string of the molecule is Cc1cc(C)c(C(=N)N)c(OCCO)n1. The normalized spacial score (nSPS) is 10.1. The third-order valence-corrected chi connectivity index (χ3v) is 1.91. The molecule has 4 N–H and O–H groups in total. The first-order valence-corrected chi connectivity index (χ1v) is 4.62. The van der Waals surface area contributed by atoms with E-state index in [2.05, 4.69) is 4.98 Å². The van der Waals surface area contributed by atoms with E-state index in [1.54, 1.807) is 0 Å². The molecule has 15 heavy (non-hydrogen) atoms. The Morgan fingerprint density at radius 2 is 2.27 bits per heavy atom. The van der Waals surface area contributed by atoms with Gasteiger partial charge in [0.15, 0.2) is 0 Å². The van der Waals surface area contributed by atoms with E-state index in [0.717, 1.165) is 11.3 Å². The number of ether oxygens (including phenoxy) is 1. The summed E-state index contributed by atoms with van der Waals surface area (Å²) in [7, 11) is 0. The van der Waals surface area contributed by atoms with E-state index in [4.69, 9.17) is 21.0 Å². The molecule has 0 radical (unpaired) electrons. The highest BCUT2D eigenvalue weighted by Crippen LogP contribution is 2.20. The lowest BCUT2D eigenvalue weighted by Gasteiger charge is -2.11. The van der Waals surface area contributed by atoms with E-state index in [1.807, 2.05) is 19.9 Å². The summed E-state index contributed by atoms with van der Waals surface area (Å²) in [5, 5.41) is 16.1. The van der Waals surface area contributed by atoms with Crippen LogP contribution in [-0.4, -0.2) is 29.1 Å². The molecule has 1 aromatic rings. The molecule has 5 nitrogen and oxygen atoms in total. The van der Waals surface area contributed by atoms with Crippen molar-refractivity contribution in [2.75, 3.05) is 13.2 Å². The van der Waals surface area contributed by atoms with Crippen molar-refractivity contribution >= 4 is 5.84 Å². The fourth-order valence-electron chi connectivity index (χ4n) is 1.38. The largest absolute Gasteiger partial charge is 0.475 e. The second kappa shape index (κ2) is 4.75. The lowest BCUT2D eigenvalue weighted by Crippen LogP contribution is -2.17. The fourth-order valence-corrected chi connectivity index (χ4v) is 1.38. The first-order valence-electron chi connectivity index (χ1n) is 4.62. The number of pyridine rings is 1. The number of amidine groups is 1. The third kappa shape index (κ3) is 2.66. The average Bonchev–Trinajstić information content (AvgIpc) is 2.12. The van der Waals surface area contributed by atoms with E-state index in [1.165, 1.54) is 0 Å². The minimum absolute atomic E-state index is 0.0760. The molecule has 0 amide bonds. The van der Waals surface area contributed by atoms with Gasteiger partial charge >= 0.3 is 0 Å². The van der Waals surface area contributed by atoms with E-state index in [-0.39, 0.29) is 19.0 Å². The van der Waals surface area contributed by atoms with Gasteiger partial charge in [-0.15, -0.1) is 0 Å². The number of hydrogen-bond acceptors (Lipinski definition) is 4. The molecular weight excluding hydrogens is 194 g/mol. The topological polar surface area (TPSA) is 92.2 Å². The summed E-state index contributed by atoms with van der Waals surface area (Å²) in [4.78, 5) is 4.14. The van der Waals surface area contributed by atoms with Crippen molar-refractivity contribution < 1.29 is 9.84 Å². The number of aliphatic hydroxyl groups excluding tert-OH is 1. The van der Waals surface area contributed by atoms with Gasteiger partial charge in [0.25, 0.3) is 0 Å². The molecule has 0 saturated carbocycles. The van der Waals surface area contributed by atoms with Crippen LogP contribution in [-0.2, 0) is 0 Å². The molecule has 0 fully saturated rings. The number of nitrogens with one attached hydrogen (secondary N) is 1. The number of nitrogens with two attached hydrogens (primary N) is 1. The second-order valence-electron chi connectivity index (χ2n) is 3.25. The summed E-state index contributed by atoms with van der Waals surface area (Å²) < 4.78 is 5.23. The zero-order chi connectivity index (χ0) is 11.4. The van der Waals surface area contributed by atoms with Crippen LogP contribution in [0.5, 0.6) is 5.88 Å². The predicted octanol–water partition coefficient (Wildman–Crippen LogP) is 0.354. The van der Waals surface area contributed by atoms with Gasteiger partial charge in [-0.3, -0.25) is 5.41 Å². The molecule has 5 heteroatoms. The van der Waals surface area contributed by atoms with E-state index in [0.29, 0.717) is 11.4 Å². The van der Waals surface area contributed by atoms with Gasteiger partial charge in [0.1, 0.15) is 12.4 Å². The number of hydrogen-bond donors (Lipinski definition) is 3. The number of aryl methyl sites for hydroxylation is 2. The summed E-state index contributed by atoms with van der Waals surface area (Å²) in [6.07, 6.45) is 0. The predicted molar refractivity (Wildman–Crippen MR) is 57.3 cm³/mol. The summed E-state index contributed by atoms with van der Waals surface area (Å²) in [6.45, 7) is 3.74. The Balaban J connectivity index is 3.14. The Hall–Kier alpha value is -1.62.